The fourth-order valence-corrected chi connectivity index (χ4v) is 2.09. The Morgan fingerprint density at radius 3 is 2.50 bits per heavy atom. The van der Waals surface area contributed by atoms with E-state index in [9.17, 15) is 4.79 Å². The van der Waals surface area contributed by atoms with Crippen LogP contribution in [-0.2, 0) is 4.79 Å². The lowest BCUT2D eigenvalue weighted by atomic mass is 10.0. The van der Waals surface area contributed by atoms with E-state index in [0.717, 1.165) is 0 Å². The summed E-state index contributed by atoms with van der Waals surface area (Å²) in [5, 5.41) is 3.11. The Morgan fingerprint density at radius 1 is 1.39 bits per heavy atom. The standard InChI is InChI=1S/C14H20N2O.ClH/c1-10(15)9-13(17)16-14(12-7-8-12)11-5-3-2-4-6-11;/h2-6,10,12,14H,7-9,15H2,1H3,(H,16,17);1H. The Labute approximate surface area is 115 Å². The molecule has 0 saturated heterocycles. The smallest absolute Gasteiger partial charge is 0.222 e. The Bertz CT molecular complexity index is 377. The maximum absolute atomic E-state index is 11.8. The number of carbonyl (C=O) groups excluding carboxylic acids is 1. The Hall–Kier alpha value is -1.06. The summed E-state index contributed by atoms with van der Waals surface area (Å²) in [5.74, 6) is 0.662. The minimum Gasteiger partial charge on any atom is -0.349 e. The van der Waals surface area contributed by atoms with Gasteiger partial charge in [-0.1, -0.05) is 30.3 Å². The summed E-state index contributed by atoms with van der Waals surface area (Å²) in [6.45, 7) is 1.86. The highest BCUT2D eigenvalue weighted by Gasteiger charge is 2.33. The molecule has 1 aliphatic carbocycles. The molecule has 3 nitrogen and oxygen atoms in total. The number of carbonyl (C=O) groups is 1. The lowest BCUT2D eigenvalue weighted by Gasteiger charge is -2.19. The molecule has 18 heavy (non-hydrogen) atoms. The first-order valence-electron chi connectivity index (χ1n) is 6.26. The van der Waals surface area contributed by atoms with Crippen LogP contribution in [-0.4, -0.2) is 11.9 Å². The molecular formula is C14H21ClN2O. The van der Waals surface area contributed by atoms with Crippen LogP contribution in [0.4, 0.5) is 0 Å². The van der Waals surface area contributed by atoms with Crippen LogP contribution < -0.4 is 11.1 Å². The van der Waals surface area contributed by atoms with Gasteiger partial charge >= 0.3 is 0 Å². The average molecular weight is 269 g/mol. The molecule has 1 aromatic rings. The summed E-state index contributed by atoms with van der Waals surface area (Å²) < 4.78 is 0. The molecule has 0 aromatic heterocycles. The molecule has 1 amide bonds. The Balaban J connectivity index is 0.00000162. The third-order valence-electron chi connectivity index (χ3n) is 3.08. The average Bonchev–Trinajstić information content (AvgIpc) is 3.10. The van der Waals surface area contributed by atoms with Crippen molar-refractivity contribution in [1.29, 1.82) is 0 Å². The number of nitrogens with one attached hydrogen (secondary N) is 1. The lowest BCUT2D eigenvalue weighted by Crippen LogP contribution is -2.33. The van der Waals surface area contributed by atoms with Crippen molar-refractivity contribution in [2.45, 2.75) is 38.3 Å². The predicted molar refractivity (Wildman–Crippen MR) is 75.6 cm³/mol. The van der Waals surface area contributed by atoms with E-state index in [1.807, 2.05) is 25.1 Å². The molecule has 1 aliphatic rings. The van der Waals surface area contributed by atoms with Gasteiger partial charge in [0.2, 0.25) is 5.91 Å². The van der Waals surface area contributed by atoms with E-state index in [4.69, 9.17) is 5.73 Å². The zero-order valence-corrected chi connectivity index (χ0v) is 11.5. The summed E-state index contributed by atoms with van der Waals surface area (Å²) in [7, 11) is 0. The highest BCUT2D eigenvalue weighted by atomic mass is 35.5. The van der Waals surface area contributed by atoms with E-state index in [1.165, 1.54) is 18.4 Å². The van der Waals surface area contributed by atoms with Gasteiger partial charge in [-0.25, -0.2) is 0 Å². The maximum atomic E-state index is 11.8. The van der Waals surface area contributed by atoms with Gasteiger partial charge in [-0.3, -0.25) is 4.79 Å². The summed E-state index contributed by atoms with van der Waals surface area (Å²) in [6.07, 6.45) is 2.81. The minimum atomic E-state index is -0.0781. The van der Waals surface area contributed by atoms with Crippen molar-refractivity contribution in [3.63, 3.8) is 0 Å². The number of hydrogen-bond donors (Lipinski definition) is 2. The van der Waals surface area contributed by atoms with Gasteiger partial charge in [-0.2, -0.15) is 0 Å². The highest BCUT2D eigenvalue weighted by Crippen LogP contribution is 2.40. The van der Waals surface area contributed by atoms with Crippen molar-refractivity contribution < 1.29 is 4.79 Å². The van der Waals surface area contributed by atoms with Gasteiger partial charge in [0.25, 0.3) is 0 Å². The predicted octanol–water partition coefficient (Wildman–Crippen LogP) is 2.41. The van der Waals surface area contributed by atoms with Gasteiger partial charge in [-0.15, -0.1) is 12.4 Å². The lowest BCUT2D eigenvalue weighted by molar-refractivity contribution is -0.122. The summed E-state index contributed by atoms with van der Waals surface area (Å²) in [6, 6.07) is 10.3. The quantitative estimate of drug-likeness (QED) is 0.862. The molecular weight excluding hydrogens is 248 g/mol. The number of hydrogen-bond acceptors (Lipinski definition) is 2. The number of halogens is 1. The number of nitrogens with two attached hydrogens (primary N) is 1. The molecule has 1 fully saturated rings. The summed E-state index contributed by atoms with van der Waals surface area (Å²) >= 11 is 0. The molecule has 3 N–H and O–H groups in total. The van der Waals surface area contributed by atoms with E-state index in [1.54, 1.807) is 0 Å². The van der Waals surface area contributed by atoms with Crippen molar-refractivity contribution in [2.75, 3.05) is 0 Å². The molecule has 1 saturated carbocycles. The largest absolute Gasteiger partial charge is 0.349 e. The van der Waals surface area contributed by atoms with Crippen molar-refractivity contribution in [3.8, 4) is 0 Å². The molecule has 2 unspecified atom stereocenters. The van der Waals surface area contributed by atoms with Crippen molar-refractivity contribution >= 4 is 18.3 Å². The fraction of sp³-hybridized carbons (Fsp3) is 0.500. The van der Waals surface area contributed by atoms with E-state index >= 15 is 0 Å². The summed E-state index contributed by atoms with van der Waals surface area (Å²) in [5.41, 5.74) is 6.84. The van der Waals surface area contributed by atoms with Crippen LogP contribution in [0.2, 0.25) is 0 Å². The normalized spacial score (nSPS) is 17.4. The van der Waals surface area contributed by atoms with Gasteiger partial charge in [0, 0.05) is 12.5 Å². The zero-order valence-electron chi connectivity index (χ0n) is 10.6. The minimum absolute atomic E-state index is 0. The van der Waals surface area contributed by atoms with Crippen LogP contribution in [0, 0.1) is 5.92 Å². The number of benzene rings is 1. The fourth-order valence-electron chi connectivity index (χ4n) is 2.09. The van der Waals surface area contributed by atoms with Crippen LogP contribution in [0.25, 0.3) is 0 Å². The molecule has 1 aromatic carbocycles. The molecule has 2 rings (SSSR count). The van der Waals surface area contributed by atoms with E-state index in [-0.39, 0.29) is 30.4 Å². The van der Waals surface area contributed by atoms with E-state index in [2.05, 4.69) is 17.4 Å². The third-order valence-corrected chi connectivity index (χ3v) is 3.08. The van der Waals surface area contributed by atoms with Gasteiger partial charge in [0.15, 0.2) is 0 Å². The SMILES string of the molecule is CC(N)CC(=O)NC(c1ccccc1)C1CC1.Cl. The first-order chi connectivity index (χ1) is 8.16. The second-order valence-electron chi connectivity index (χ2n) is 4.97. The number of rotatable bonds is 5. The van der Waals surface area contributed by atoms with E-state index < -0.39 is 0 Å². The van der Waals surface area contributed by atoms with Gasteiger partial charge in [0.05, 0.1) is 6.04 Å². The van der Waals surface area contributed by atoms with Crippen molar-refractivity contribution in [2.24, 2.45) is 11.7 Å². The number of amides is 1. The van der Waals surface area contributed by atoms with Crippen molar-refractivity contribution in [1.82, 2.24) is 5.32 Å². The van der Waals surface area contributed by atoms with Gasteiger partial charge in [0.1, 0.15) is 0 Å². The molecule has 100 valence electrons. The molecule has 0 heterocycles. The van der Waals surface area contributed by atoms with Crippen LogP contribution in [0.3, 0.4) is 0 Å². The molecule has 0 spiro atoms. The van der Waals surface area contributed by atoms with Crippen LogP contribution >= 0.6 is 12.4 Å². The van der Waals surface area contributed by atoms with Gasteiger partial charge < -0.3 is 11.1 Å². The van der Waals surface area contributed by atoms with Crippen molar-refractivity contribution in [3.05, 3.63) is 35.9 Å². The first kappa shape index (κ1) is 15.0. The first-order valence-corrected chi connectivity index (χ1v) is 6.26. The topological polar surface area (TPSA) is 55.1 Å². The Morgan fingerprint density at radius 2 is 2.00 bits per heavy atom. The molecule has 0 aliphatic heterocycles. The zero-order chi connectivity index (χ0) is 12.3. The highest BCUT2D eigenvalue weighted by molar-refractivity contribution is 5.85. The second kappa shape index (κ2) is 6.76. The maximum Gasteiger partial charge on any atom is 0.222 e. The van der Waals surface area contributed by atoms with Crippen LogP contribution in [0.1, 0.15) is 37.8 Å². The van der Waals surface area contributed by atoms with E-state index in [0.29, 0.717) is 12.3 Å². The molecule has 0 radical (unpaired) electrons. The van der Waals surface area contributed by atoms with Crippen LogP contribution in [0.15, 0.2) is 30.3 Å². The van der Waals surface area contributed by atoms with Gasteiger partial charge in [-0.05, 0) is 31.2 Å². The third kappa shape index (κ3) is 4.31. The van der Waals surface area contributed by atoms with Crippen LogP contribution in [0.5, 0.6) is 0 Å². The molecule has 4 heteroatoms. The molecule has 0 bridgehead atoms. The monoisotopic (exact) mass is 268 g/mol. The summed E-state index contributed by atoms with van der Waals surface area (Å²) in [4.78, 5) is 11.8. The second-order valence-corrected chi connectivity index (χ2v) is 4.97. The Kier molecular flexibility index (Phi) is 5.63. The molecule has 2 atom stereocenters.